The van der Waals surface area contributed by atoms with Gasteiger partial charge in [-0.25, -0.2) is 0 Å². The third-order valence-electron chi connectivity index (χ3n) is 4.68. The van der Waals surface area contributed by atoms with Crippen LogP contribution in [0.1, 0.15) is 19.8 Å². The van der Waals surface area contributed by atoms with Crippen molar-refractivity contribution in [3.8, 4) is 11.6 Å². The van der Waals surface area contributed by atoms with E-state index in [1.165, 1.54) is 12.8 Å². The first-order chi connectivity index (χ1) is 12.0. The van der Waals surface area contributed by atoms with Crippen molar-refractivity contribution in [2.45, 2.75) is 26.4 Å². The lowest BCUT2D eigenvalue weighted by molar-refractivity contribution is 0.151. The number of aromatic hydroxyl groups is 1. The van der Waals surface area contributed by atoms with E-state index in [1.54, 1.807) is 7.11 Å². The summed E-state index contributed by atoms with van der Waals surface area (Å²) in [7, 11) is 1.60. The number of nitrogens with two attached hydrogens (primary N) is 1. The van der Waals surface area contributed by atoms with Gasteiger partial charge in [-0.2, -0.15) is 0 Å². The summed E-state index contributed by atoms with van der Waals surface area (Å²) in [6, 6.07) is 5.61. The second-order valence-electron chi connectivity index (χ2n) is 6.46. The van der Waals surface area contributed by atoms with Crippen molar-refractivity contribution in [2.75, 3.05) is 20.2 Å². The molecule has 1 saturated heterocycles. The van der Waals surface area contributed by atoms with Crippen LogP contribution in [0.15, 0.2) is 28.4 Å². The van der Waals surface area contributed by atoms with E-state index in [-0.39, 0.29) is 11.0 Å². The number of methoxy groups -OCH3 is 1. The van der Waals surface area contributed by atoms with Gasteiger partial charge in [0.1, 0.15) is 5.75 Å². The van der Waals surface area contributed by atoms with Crippen molar-refractivity contribution >= 4 is 33.9 Å². The predicted molar refractivity (Wildman–Crippen MR) is 101 cm³/mol. The number of azo groups is 1. The number of aromatic nitrogens is 1. The molecule has 0 bridgehead atoms. The van der Waals surface area contributed by atoms with Crippen molar-refractivity contribution < 1.29 is 9.84 Å². The molecule has 1 aromatic heterocycles. The Morgan fingerprint density at radius 2 is 2.12 bits per heavy atom. The minimum Gasteiger partial charge on any atom is -0.497 e. The SMILES string of the molecule is COc1ccc2c(c1)c(N=NC(N)=S)c(O)n2CN1CCC(C)CC1. The Labute approximate surface area is 152 Å². The second kappa shape index (κ2) is 7.37. The van der Waals surface area contributed by atoms with Crippen molar-refractivity contribution in [3.63, 3.8) is 0 Å². The fraction of sp³-hybridized carbons (Fsp3) is 0.471. The van der Waals surface area contributed by atoms with E-state index in [4.69, 9.17) is 22.7 Å². The van der Waals surface area contributed by atoms with Gasteiger partial charge in [-0.3, -0.25) is 9.47 Å². The van der Waals surface area contributed by atoms with Gasteiger partial charge in [-0.1, -0.05) is 6.92 Å². The molecule has 0 unspecified atom stereocenters. The number of piperidine rings is 1. The summed E-state index contributed by atoms with van der Waals surface area (Å²) in [5.74, 6) is 1.50. The maximum absolute atomic E-state index is 10.7. The number of ether oxygens (including phenoxy) is 1. The molecule has 2 aromatic rings. The van der Waals surface area contributed by atoms with Crippen LogP contribution in [-0.4, -0.2) is 39.9 Å². The quantitative estimate of drug-likeness (QED) is 0.644. The fourth-order valence-electron chi connectivity index (χ4n) is 3.17. The predicted octanol–water partition coefficient (Wildman–Crippen LogP) is 3.37. The highest BCUT2D eigenvalue weighted by molar-refractivity contribution is 7.80. The number of fused-ring (bicyclic) bond motifs is 1. The molecular weight excluding hydrogens is 338 g/mol. The zero-order valence-electron chi connectivity index (χ0n) is 14.5. The largest absolute Gasteiger partial charge is 0.497 e. The number of likely N-dealkylation sites (tertiary alicyclic amines) is 1. The van der Waals surface area contributed by atoms with Gasteiger partial charge in [-0.15, -0.1) is 10.2 Å². The van der Waals surface area contributed by atoms with E-state index in [0.29, 0.717) is 18.1 Å². The van der Waals surface area contributed by atoms with Crippen molar-refractivity contribution in [1.29, 1.82) is 0 Å². The average Bonchev–Trinajstić information content (AvgIpc) is 2.86. The van der Waals surface area contributed by atoms with Crippen LogP contribution >= 0.6 is 12.2 Å². The van der Waals surface area contributed by atoms with Gasteiger partial charge >= 0.3 is 0 Å². The van der Waals surface area contributed by atoms with Gasteiger partial charge in [0.25, 0.3) is 0 Å². The van der Waals surface area contributed by atoms with Gasteiger partial charge in [0, 0.05) is 18.5 Å². The lowest BCUT2D eigenvalue weighted by Crippen LogP contribution is -2.34. The molecule has 0 aliphatic carbocycles. The number of hydrogen-bond donors (Lipinski definition) is 2. The van der Waals surface area contributed by atoms with E-state index < -0.39 is 0 Å². The first-order valence-corrected chi connectivity index (χ1v) is 8.73. The highest BCUT2D eigenvalue weighted by Crippen LogP contribution is 2.40. The standard InChI is InChI=1S/C17H23N5O2S/c1-11-5-7-21(8-6-11)10-22-14-4-3-12(24-2)9-13(14)15(16(22)23)19-20-17(18)25/h3-4,9,11,23H,5-8,10H2,1-2H3,(H2,18,25). The zero-order chi connectivity index (χ0) is 18.0. The average molecular weight is 361 g/mol. The van der Waals surface area contributed by atoms with Crippen LogP contribution in [0, 0.1) is 5.92 Å². The summed E-state index contributed by atoms with van der Waals surface area (Å²) in [4.78, 5) is 2.33. The first kappa shape index (κ1) is 17.6. The monoisotopic (exact) mass is 361 g/mol. The van der Waals surface area contributed by atoms with Gasteiger partial charge in [0.2, 0.25) is 11.0 Å². The van der Waals surface area contributed by atoms with Crippen LogP contribution in [0.25, 0.3) is 10.9 Å². The molecule has 1 aromatic carbocycles. The minimum atomic E-state index is -0.0757. The molecule has 0 radical (unpaired) electrons. The lowest BCUT2D eigenvalue weighted by atomic mass is 10.00. The van der Waals surface area contributed by atoms with Gasteiger partial charge in [0.15, 0.2) is 5.69 Å². The summed E-state index contributed by atoms with van der Waals surface area (Å²) in [6.45, 7) is 4.91. The van der Waals surface area contributed by atoms with Crippen LogP contribution in [0.5, 0.6) is 11.6 Å². The Kier molecular flexibility index (Phi) is 5.19. The normalized spacial score (nSPS) is 16.7. The second-order valence-corrected chi connectivity index (χ2v) is 6.88. The highest BCUT2D eigenvalue weighted by atomic mass is 32.1. The molecule has 8 heteroatoms. The first-order valence-electron chi connectivity index (χ1n) is 8.32. The fourth-order valence-corrected chi connectivity index (χ4v) is 3.21. The molecule has 3 rings (SSSR count). The van der Waals surface area contributed by atoms with Gasteiger partial charge in [-0.05, 0) is 49.2 Å². The third-order valence-corrected chi connectivity index (χ3v) is 4.76. The van der Waals surface area contributed by atoms with E-state index in [0.717, 1.165) is 29.9 Å². The molecule has 0 amide bonds. The van der Waals surface area contributed by atoms with E-state index in [9.17, 15) is 5.11 Å². The van der Waals surface area contributed by atoms with E-state index in [2.05, 4.69) is 22.1 Å². The number of rotatable bonds is 4. The highest BCUT2D eigenvalue weighted by Gasteiger charge is 2.21. The molecule has 2 heterocycles. The Morgan fingerprint density at radius 1 is 1.40 bits per heavy atom. The van der Waals surface area contributed by atoms with Crippen LogP contribution in [-0.2, 0) is 6.67 Å². The van der Waals surface area contributed by atoms with Gasteiger partial charge in [0.05, 0.1) is 19.3 Å². The smallest absolute Gasteiger partial charge is 0.221 e. The Balaban J connectivity index is 2.02. The zero-order valence-corrected chi connectivity index (χ0v) is 15.3. The topological polar surface area (TPSA) is 88.4 Å². The maximum Gasteiger partial charge on any atom is 0.221 e. The van der Waals surface area contributed by atoms with E-state index >= 15 is 0 Å². The Bertz CT molecular complexity index is 809. The Morgan fingerprint density at radius 3 is 2.76 bits per heavy atom. The summed E-state index contributed by atoms with van der Waals surface area (Å²) in [6.07, 6.45) is 2.34. The molecule has 1 aliphatic rings. The molecule has 0 saturated carbocycles. The molecular formula is C17H23N5O2S. The van der Waals surface area contributed by atoms with Crippen LogP contribution in [0.2, 0.25) is 0 Å². The molecule has 3 N–H and O–H groups in total. The Hall–Kier alpha value is -2.19. The summed E-state index contributed by atoms with van der Waals surface area (Å²) >= 11 is 4.75. The summed E-state index contributed by atoms with van der Waals surface area (Å²) in [5.41, 5.74) is 6.63. The number of thiocarbonyl (C=S) groups is 1. The summed E-state index contributed by atoms with van der Waals surface area (Å²) < 4.78 is 7.14. The number of hydrogen-bond acceptors (Lipinski definition) is 5. The molecule has 25 heavy (non-hydrogen) atoms. The molecule has 0 spiro atoms. The van der Waals surface area contributed by atoms with Crippen molar-refractivity contribution in [1.82, 2.24) is 9.47 Å². The van der Waals surface area contributed by atoms with Crippen molar-refractivity contribution in [2.24, 2.45) is 21.9 Å². The van der Waals surface area contributed by atoms with Crippen LogP contribution in [0.4, 0.5) is 5.69 Å². The molecule has 1 aliphatic heterocycles. The van der Waals surface area contributed by atoms with Crippen LogP contribution in [0.3, 0.4) is 0 Å². The minimum absolute atomic E-state index is 0.0573. The molecule has 0 atom stereocenters. The molecule has 7 nitrogen and oxygen atoms in total. The third kappa shape index (κ3) is 3.74. The maximum atomic E-state index is 10.7. The van der Waals surface area contributed by atoms with E-state index in [1.807, 2.05) is 22.8 Å². The summed E-state index contributed by atoms with van der Waals surface area (Å²) in [5, 5.41) is 19.2. The molecule has 134 valence electrons. The lowest BCUT2D eigenvalue weighted by Gasteiger charge is -2.30. The molecule has 1 fully saturated rings. The number of nitrogens with zero attached hydrogens (tertiary/aromatic N) is 4. The van der Waals surface area contributed by atoms with Crippen LogP contribution < -0.4 is 10.5 Å². The van der Waals surface area contributed by atoms with Gasteiger partial charge < -0.3 is 15.6 Å². The number of benzene rings is 1. The van der Waals surface area contributed by atoms with Crippen molar-refractivity contribution in [3.05, 3.63) is 18.2 Å².